The van der Waals surface area contributed by atoms with Crippen molar-refractivity contribution in [3.8, 4) is 11.1 Å². The van der Waals surface area contributed by atoms with Crippen molar-refractivity contribution in [3.05, 3.63) is 58.6 Å². The van der Waals surface area contributed by atoms with Gasteiger partial charge >= 0.3 is 0 Å². The summed E-state index contributed by atoms with van der Waals surface area (Å²) >= 11 is 6.09. The van der Waals surface area contributed by atoms with E-state index in [1.54, 1.807) is 6.07 Å². The summed E-state index contributed by atoms with van der Waals surface area (Å²) in [6.45, 7) is 1.95. The van der Waals surface area contributed by atoms with Crippen LogP contribution in [0.4, 0.5) is 8.78 Å². The van der Waals surface area contributed by atoms with Crippen LogP contribution in [-0.4, -0.2) is 7.05 Å². The molecule has 2 aromatic carbocycles. The average Bonchev–Trinajstić information content (AvgIpc) is 2.40. The van der Waals surface area contributed by atoms with Gasteiger partial charge in [-0.25, -0.2) is 8.78 Å². The maximum absolute atomic E-state index is 13.5. The predicted octanol–water partition coefficient (Wildman–Crippen LogP) is 4.57. The molecular formula is C15H14ClF2N. The highest BCUT2D eigenvalue weighted by atomic mass is 35.5. The van der Waals surface area contributed by atoms with Gasteiger partial charge in [0.2, 0.25) is 0 Å². The van der Waals surface area contributed by atoms with Crippen molar-refractivity contribution < 1.29 is 8.78 Å². The fourth-order valence-electron chi connectivity index (χ4n) is 2.00. The van der Waals surface area contributed by atoms with Crippen LogP contribution in [0.3, 0.4) is 0 Å². The van der Waals surface area contributed by atoms with E-state index < -0.39 is 5.82 Å². The number of hydrogen-bond donors (Lipinski definition) is 1. The summed E-state index contributed by atoms with van der Waals surface area (Å²) in [4.78, 5) is 0. The van der Waals surface area contributed by atoms with Gasteiger partial charge in [-0.2, -0.15) is 0 Å². The minimum Gasteiger partial charge on any atom is -0.313 e. The highest BCUT2D eigenvalue weighted by molar-refractivity contribution is 6.33. The molecule has 0 spiro atoms. The molecule has 0 saturated heterocycles. The molecule has 1 unspecified atom stereocenters. The SMILES string of the molecule is CNC(C)c1ccc(F)cc1-c1cc(F)ccc1Cl. The molecule has 0 bridgehead atoms. The first kappa shape index (κ1) is 14.0. The maximum Gasteiger partial charge on any atom is 0.123 e. The van der Waals surface area contributed by atoms with Crippen molar-refractivity contribution in [2.75, 3.05) is 7.05 Å². The van der Waals surface area contributed by atoms with Crippen molar-refractivity contribution in [1.82, 2.24) is 5.32 Å². The molecule has 100 valence electrons. The van der Waals surface area contributed by atoms with Gasteiger partial charge in [-0.1, -0.05) is 17.7 Å². The van der Waals surface area contributed by atoms with Crippen LogP contribution < -0.4 is 5.32 Å². The molecule has 2 aromatic rings. The second kappa shape index (κ2) is 5.68. The molecule has 0 aromatic heterocycles. The second-order valence-electron chi connectivity index (χ2n) is 4.37. The van der Waals surface area contributed by atoms with Gasteiger partial charge in [0.05, 0.1) is 0 Å². The van der Waals surface area contributed by atoms with Crippen LogP contribution in [0.5, 0.6) is 0 Å². The van der Waals surface area contributed by atoms with Crippen LogP contribution in [0.2, 0.25) is 5.02 Å². The normalized spacial score (nSPS) is 12.5. The summed E-state index contributed by atoms with van der Waals surface area (Å²) < 4.78 is 26.9. The van der Waals surface area contributed by atoms with E-state index >= 15 is 0 Å². The summed E-state index contributed by atoms with van der Waals surface area (Å²) in [5.41, 5.74) is 1.97. The third kappa shape index (κ3) is 2.94. The summed E-state index contributed by atoms with van der Waals surface area (Å²) in [6, 6.07) is 8.55. The van der Waals surface area contributed by atoms with Crippen molar-refractivity contribution in [2.24, 2.45) is 0 Å². The lowest BCUT2D eigenvalue weighted by atomic mass is 9.95. The Morgan fingerprint density at radius 1 is 1.00 bits per heavy atom. The van der Waals surface area contributed by atoms with Crippen molar-refractivity contribution in [1.29, 1.82) is 0 Å². The number of benzene rings is 2. The Bertz CT molecular complexity index is 599. The van der Waals surface area contributed by atoms with Crippen molar-refractivity contribution in [2.45, 2.75) is 13.0 Å². The number of rotatable bonds is 3. The third-order valence-electron chi connectivity index (χ3n) is 3.13. The number of nitrogens with one attached hydrogen (secondary N) is 1. The van der Waals surface area contributed by atoms with E-state index in [1.165, 1.54) is 30.3 Å². The van der Waals surface area contributed by atoms with E-state index in [9.17, 15) is 8.78 Å². The van der Waals surface area contributed by atoms with Crippen molar-refractivity contribution in [3.63, 3.8) is 0 Å². The molecule has 0 fully saturated rings. The summed E-state index contributed by atoms with van der Waals surface area (Å²) in [5, 5.41) is 3.49. The average molecular weight is 282 g/mol. The Morgan fingerprint density at radius 2 is 1.58 bits per heavy atom. The van der Waals surface area contributed by atoms with Crippen LogP contribution in [0.15, 0.2) is 36.4 Å². The summed E-state index contributed by atoms with van der Waals surface area (Å²) in [5.74, 6) is -0.769. The molecule has 0 saturated carbocycles. The van der Waals surface area contributed by atoms with Gasteiger partial charge in [0.15, 0.2) is 0 Å². The number of halogens is 3. The molecule has 1 nitrogen and oxygen atoms in total. The Kier molecular flexibility index (Phi) is 4.17. The van der Waals surface area contributed by atoms with Crippen LogP contribution in [0.1, 0.15) is 18.5 Å². The standard InChI is InChI=1S/C15H14ClF2N/c1-9(19-2)12-5-3-10(17)7-13(12)14-8-11(18)4-6-15(14)16/h3-9,19H,1-2H3. The van der Waals surface area contributed by atoms with Crippen LogP contribution in [0.25, 0.3) is 11.1 Å². The molecule has 19 heavy (non-hydrogen) atoms. The first-order valence-corrected chi connectivity index (χ1v) is 6.33. The second-order valence-corrected chi connectivity index (χ2v) is 4.77. The highest BCUT2D eigenvalue weighted by Gasteiger charge is 2.14. The Morgan fingerprint density at radius 3 is 2.21 bits per heavy atom. The largest absolute Gasteiger partial charge is 0.313 e. The van der Waals surface area contributed by atoms with Crippen LogP contribution in [0, 0.1) is 11.6 Å². The predicted molar refractivity (Wildman–Crippen MR) is 74.3 cm³/mol. The quantitative estimate of drug-likeness (QED) is 0.869. The highest BCUT2D eigenvalue weighted by Crippen LogP contribution is 2.34. The van der Waals surface area contributed by atoms with E-state index in [2.05, 4.69) is 5.32 Å². The van der Waals surface area contributed by atoms with Crippen LogP contribution in [-0.2, 0) is 0 Å². The minimum atomic E-state index is -0.397. The van der Waals surface area contributed by atoms with Crippen LogP contribution >= 0.6 is 11.6 Å². The smallest absolute Gasteiger partial charge is 0.123 e. The molecule has 0 aliphatic rings. The van der Waals surface area contributed by atoms with E-state index in [0.29, 0.717) is 16.1 Å². The first-order chi connectivity index (χ1) is 9.02. The molecule has 0 aliphatic carbocycles. The Hall–Kier alpha value is -1.45. The molecular weight excluding hydrogens is 268 g/mol. The monoisotopic (exact) mass is 281 g/mol. The maximum atomic E-state index is 13.5. The minimum absolute atomic E-state index is 0.00920. The van der Waals surface area contributed by atoms with E-state index in [-0.39, 0.29) is 11.9 Å². The van der Waals surface area contributed by atoms with Crippen molar-refractivity contribution >= 4 is 11.6 Å². The molecule has 4 heteroatoms. The molecule has 0 heterocycles. The molecule has 2 rings (SSSR count). The Labute approximate surface area is 116 Å². The van der Waals surface area contributed by atoms with Gasteiger partial charge in [-0.3, -0.25) is 0 Å². The number of hydrogen-bond acceptors (Lipinski definition) is 1. The lowest BCUT2D eigenvalue weighted by Crippen LogP contribution is -2.13. The molecule has 0 radical (unpaired) electrons. The first-order valence-electron chi connectivity index (χ1n) is 5.95. The van der Waals surface area contributed by atoms with Gasteiger partial charge < -0.3 is 5.32 Å². The van der Waals surface area contributed by atoms with E-state index in [1.807, 2.05) is 14.0 Å². The summed E-state index contributed by atoms with van der Waals surface area (Å²) in [7, 11) is 1.81. The fourth-order valence-corrected chi connectivity index (χ4v) is 2.22. The molecule has 1 atom stereocenters. The zero-order chi connectivity index (χ0) is 14.0. The molecule has 0 aliphatic heterocycles. The van der Waals surface area contributed by atoms with E-state index in [4.69, 9.17) is 11.6 Å². The topological polar surface area (TPSA) is 12.0 Å². The summed E-state index contributed by atoms with van der Waals surface area (Å²) in [6.07, 6.45) is 0. The fraction of sp³-hybridized carbons (Fsp3) is 0.200. The van der Waals surface area contributed by atoms with Gasteiger partial charge in [0, 0.05) is 16.6 Å². The molecule has 0 amide bonds. The van der Waals surface area contributed by atoms with Gasteiger partial charge in [-0.15, -0.1) is 0 Å². The zero-order valence-corrected chi connectivity index (χ0v) is 11.4. The van der Waals surface area contributed by atoms with E-state index in [0.717, 1.165) is 5.56 Å². The van der Waals surface area contributed by atoms with Gasteiger partial charge in [0.25, 0.3) is 0 Å². The zero-order valence-electron chi connectivity index (χ0n) is 10.7. The lowest BCUT2D eigenvalue weighted by Gasteiger charge is -2.17. The van der Waals surface area contributed by atoms with Gasteiger partial charge in [0.1, 0.15) is 11.6 Å². The van der Waals surface area contributed by atoms with Gasteiger partial charge in [-0.05, 0) is 55.4 Å². The Balaban J connectivity index is 2.66. The lowest BCUT2D eigenvalue weighted by molar-refractivity contribution is 0.618. The molecule has 1 N–H and O–H groups in total. The third-order valence-corrected chi connectivity index (χ3v) is 3.46.